The van der Waals surface area contributed by atoms with Crippen LogP contribution in [0, 0.1) is 17.7 Å². The van der Waals surface area contributed by atoms with Gasteiger partial charge in [-0.1, -0.05) is 47.5 Å². The van der Waals surface area contributed by atoms with E-state index in [2.05, 4.69) is 21.1 Å². The number of aliphatic hydroxyl groups is 1. The number of carbonyl (C=O) groups excluding carboxylic acids is 3. The molecule has 0 saturated heterocycles. The molecule has 2 aromatic rings. The zero-order valence-corrected chi connectivity index (χ0v) is 32.5. The number of Topliss-reactive ketones (excluding diaryl/α,β-unsaturated/α-hetero) is 2. The largest absolute Gasteiger partial charge is 0.508 e. The predicted octanol–water partition coefficient (Wildman–Crippen LogP) is 8.19. The van der Waals surface area contributed by atoms with E-state index in [0.29, 0.717) is 25.1 Å². The Morgan fingerprint density at radius 2 is 1.76 bits per heavy atom. The number of fused-ring (bicyclic) bond motifs is 4. The van der Waals surface area contributed by atoms with Gasteiger partial charge in [0.25, 0.3) is 5.88 Å². The molecule has 49 heavy (non-hydrogen) atoms. The minimum Gasteiger partial charge on any atom is -0.508 e. The SMILES string of the molecule is CCCCOc1noc2c1C(=O)[C@@]1(O[Si](C)(C)C(C)(C)C)C(O)=C3C(=O)c4c(c(F)c(C=O)c(Br)c4OCCCC)C[C@H]3C[C@H]1[C@@H]2N(C)C. The van der Waals surface area contributed by atoms with E-state index in [1.807, 2.05) is 66.7 Å². The number of nitrogens with zero attached hydrogens (tertiary/aromatic N) is 2. The molecule has 4 atom stereocenters. The lowest BCUT2D eigenvalue weighted by molar-refractivity contribution is -0.0481. The van der Waals surface area contributed by atoms with Crippen LogP contribution in [0.4, 0.5) is 4.39 Å². The molecule has 3 aliphatic carbocycles. The van der Waals surface area contributed by atoms with Gasteiger partial charge in [0.1, 0.15) is 22.9 Å². The van der Waals surface area contributed by atoms with Crippen molar-refractivity contribution in [3.05, 3.63) is 49.6 Å². The van der Waals surface area contributed by atoms with Crippen molar-refractivity contribution < 1.29 is 42.3 Å². The van der Waals surface area contributed by atoms with Gasteiger partial charge in [-0.2, -0.15) is 0 Å². The van der Waals surface area contributed by atoms with Crippen LogP contribution < -0.4 is 9.47 Å². The molecule has 0 saturated carbocycles. The van der Waals surface area contributed by atoms with Gasteiger partial charge in [0.05, 0.1) is 34.9 Å². The number of aromatic nitrogens is 1. The number of ether oxygens (including phenoxy) is 2. The highest BCUT2D eigenvalue weighted by atomic mass is 79.9. The minimum absolute atomic E-state index is 0.000208. The molecule has 268 valence electrons. The maximum atomic E-state index is 16.1. The summed E-state index contributed by atoms with van der Waals surface area (Å²) in [5, 5.41) is 16.5. The molecule has 0 spiro atoms. The summed E-state index contributed by atoms with van der Waals surface area (Å²) in [4.78, 5) is 43.9. The van der Waals surface area contributed by atoms with Crippen molar-refractivity contribution in [1.82, 2.24) is 10.1 Å². The maximum Gasteiger partial charge on any atom is 0.265 e. The second kappa shape index (κ2) is 13.7. The van der Waals surface area contributed by atoms with Gasteiger partial charge in [0.2, 0.25) is 5.78 Å². The molecule has 0 bridgehead atoms. The predicted molar refractivity (Wildman–Crippen MR) is 188 cm³/mol. The van der Waals surface area contributed by atoms with E-state index in [4.69, 9.17) is 18.4 Å². The lowest BCUT2D eigenvalue weighted by atomic mass is 9.58. The van der Waals surface area contributed by atoms with Crippen molar-refractivity contribution in [3.63, 3.8) is 0 Å². The molecular weight excluding hydrogens is 715 g/mol. The number of allylic oxidation sites excluding steroid dienone is 1. The van der Waals surface area contributed by atoms with Crippen molar-refractivity contribution in [1.29, 1.82) is 0 Å². The highest BCUT2D eigenvalue weighted by Gasteiger charge is 2.67. The molecule has 5 rings (SSSR count). The van der Waals surface area contributed by atoms with E-state index >= 15 is 9.18 Å². The summed E-state index contributed by atoms with van der Waals surface area (Å²) in [6, 6.07) is -0.623. The molecule has 0 unspecified atom stereocenters. The number of rotatable bonds is 12. The van der Waals surface area contributed by atoms with E-state index < -0.39 is 54.9 Å². The normalized spacial score (nSPS) is 23.6. The van der Waals surface area contributed by atoms with E-state index in [1.165, 1.54) is 0 Å². The average Bonchev–Trinajstić information content (AvgIpc) is 3.43. The Bertz CT molecular complexity index is 1700. The van der Waals surface area contributed by atoms with Gasteiger partial charge in [-0.25, -0.2) is 4.39 Å². The molecule has 10 nitrogen and oxygen atoms in total. The highest BCUT2D eigenvalue weighted by Crippen LogP contribution is 2.60. The molecule has 1 aromatic carbocycles. The molecule has 0 fully saturated rings. The second-order valence-electron chi connectivity index (χ2n) is 15.1. The second-order valence-corrected chi connectivity index (χ2v) is 20.7. The molecule has 1 heterocycles. The number of halogens is 2. The third kappa shape index (κ3) is 5.91. The number of aldehydes is 1. The summed E-state index contributed by atoms with van der Waals surface area (Å²) in [6.07, 6.45) is 3.65. The van der Waals surface area contributed by atoms with Gasteiger partial charge < -0.3 is 23.5 Å². The van der Waals surface area contributed by atoms with Gasteiger partial charge in [-0.3, -0.25) is 19.3 Å². The molecule has 1 aromatic heterocycles. The zero-order chi connectivity index (χ0) is 36.2. The van der Waals surface area contributed by atoms with Crippen LogP contribution in [-0.4, -0.2) is 74.2 Å². The lowest BCUT2D eigenvalue weighted by Gasteiger charge is -2.55. The summed E-state index contributed by atoms with van der Waals surface area (Å²) in [6.45, 7) is 14.6. The van der Waals surface area contributed by atoms with Gasteiger partial charge in [0, 0.05) is 17.1 Å². The third-order valence-electron chi connectivity index (χ3n) is 10.7. The van der Waals surface area contributed by atoms with Crippen LogP contribution in [0.1, 0.15) is 115 Å². The van der Waals surface area contributed by atoms with E-state index in [9.17, 15) is 14.7 Å². The monoisotopic (exact) mass is 762 g/mol. The topological polar surface area (TPSA) is 128 Å². The van der Waals surface area contributed by atoms with Crippen molar-refractivity contribution >= 4 is 42.1 Å². The molecule has 0 aliphatic heterocycles. The Balaban J connectivity index is 1.81. The Morgan fingerprint density at radius 3 is 2.33 bits per heavy atom. The van der Waals surface area contributed by atoms with Crippen LogP contribution in [0.2, 0.25) is 18.1 Å². The molecule has 0 radical (unpaired) electrons. The molecular formula is C36H48BrFN2O8Si. The van der Waals surface area contributed by atoms with Gasteiger partial charge in [-0.15, -0.1) is 0 Å². The van der Waals surface area contributed by atoms with Crippen molar-refractivity contribution in [3.8, 4) is 11.6 Å². The van der Waals surface area contributed by atoms with Crippen molar-refractivity contribution in [2.24, 2.45) is 11.8 Å². The van der Waals surface area contributed by atoms with Crippen LogP contribution in [0.15, 0.2) is 20.3 Å². The summed E-state index contributed by atoms with van der Waals surface area (Å²) < 4.78 is 41.2. The molecule has 3 aliphatic rings. The molecule has 13 heteroatoms. The summed E-state index contributed by atoms with van der Waals surface area (Å²) in [5.74, 6) is -3.60. The molecule has 0 amide bonds. The fourth-order valence-electron chi connectivity index (χ4n) is 7.17. The van der Waals surface area contributed by atoms with Crippen LogP contribution in [0.5, 0.6) is 11.6 Å². The Hall–Kier alpha value is -2.87. The smallest absolute Gasteiger partial charge is 0.265 e. The number of hydrogen-bond acceptors (Lipinski definition) is 10. The van der Waals surface area contributed by atoms with Crippen molar-refractivity contribution in [2.45, 2.75) is 103 Å². The number of aliphatic hydroxyl groups excluding tert-OH is 1. The quantitative estimate of drug-likeness (QED) is 0.128. The van der Waals surface area contributed by atoms with E-state index in [-0.39, 0.29) is 68.4 Å². The van der Waals surface area contributed by atoms with Gasteiger partial charge >= 0.3 is 0 Å². The maximum absolute atomic E-state index is 16.1. The zero-order valence-electron chi connectivity index (χ0n) is 29.9. The Morgan fingerprint density at radius 1 is 1.12 bits per heavy atom. The van der Waals surface area contributed by atoms with Crippen LogP contribution in [-0.2, 0) is 10.8 Å². The number of benzene rings is 1. The van der Waals surface area contributed by atoms with E-state index in [0.717, 1.165) is 19.3 Å². The third-order valence-corrected chi connectivity index (χ3v) is 16.0. The number of unbranched alkanes of at least 4 members (excludes halogenated alkanes) is 2. The first kappa shape index (κ1) is 37.4. The summed E-state index contributed by atoms with van der Waals surface area (Å²) >= 11 is 3.33. The number of ketones is 2. The minimum atomic E-state index is -2.89. The van der Waals surface area contributed by atoms with E-state index in [1.54, 1.807) is 0 Å². The Kier molecular flexibility index (Phi) is 10.4. The summed E-state index contributed by atoms with van der Waals surface area (Å²) in [5.41, 5.74) is -2.15. The number of carbonyl (C=O) groups is 3. The van der Waals surface area contributed by atoms with Crippen molar-refractivity contribution in [2.75, 3.05) is 27.3 Å². The van der Waals surface area contributed by atoms with Gasteiger partial charge in [0.15, 0.2) is 31.7 Å². The first-order chi connectivity index (χ1) is 23.0. The standard InChI is InChI=1S/C36H48BrFN2O8Si/c1-10-12-14-45-30-24-20(27(38)21(18-41)26(30)37)16-19-17-22-28(40(6)7)31-25(34(39-47-31)46-15-13-11-2)33(44)36(22,32(43)23(19)29(24)42)48-49(8,9)35(3,4)5/h18-19,22,28,43H,10-17H2,1-9H3/t19-,22-,28-,36-/m0/s1. The Labute approximate surface area is 297 Å². The highest BCUT2D eigenvalue weighted by molar-refractivity contribution is 9.10. The first-order valence-corrected chi connectivity index (χ1v) is 20.8. The molecule has 1 N–H and O–H groups in total. The fourth-order valence-corrected chi connectivity index (χ4v) is 9.20. The number of hydrogen-bond donors (Lipinski definition) is 1. The van der Waals surface area contributed by atoms with Gasteiger partial charge in [-0.05, 0) is 84.9 Å². The first-order valence-electron chi connectivity index (χ1n) is 17.1. The average molecular weight is 764 g/mol. The van der Waals surface area contributed by atoms with Crippen LogP contribution in [0.3, 0.4) is 0 Å². The van der Waals surface area contributed by atoms with Crippen LogP contribution >= 0.6 is 15.9 Å². The summed E-state index contributed by atoms with van der Waals surface area (Å²) in [7, 11) is 0.791. The lowest BCUT2D eigenvalue weighted by Crippen LogP contribution is -2.65. The van der Waals surface area contributed by atoms with Crippen LogP contribution in [0.25, 0.3) is 0 Å². The fraction of sp³-hybridized carbons (Fsp3) is 0.611.